The number of hydrogen-bond donors (Lipinski definition) is 2. The number of unbranched alkanes of at least 4 members (excludes halogenated alkanes) is 1. The quantitative estimate of drug-likeness (QED) is 0.316. The molecule has 0 saturated heterocycles. The Morgan fingerprint density at radius 2 is 2.19 bits per heavy atom. The highest BCUT2D eigenvalue weighted by molar-refractivity contribution is 5.97. The first-order valence-electron chi connectivity index (χ1n) is 7.47. The Labute approximate surface area is 125 Å². The number of halogens is 1. The minimum absolute atomic E-state index is 0.0941. The van der Waals surface area contributed by atoms with Crippen LogP contribution in [0.15, 0.2) is 23.4 Å². The van der Waals surface area contributed by atoms with Gasteiger partial charge in [-0.25, -0.2) is 4.39 Å². The summed E-state index contributed by atoms with van der Waals surface area (Å²) in [6.07, 6.45) is 4.56. The zero-order valence-corrected chi connectivity index (χ0v) is 12.8. The standard InChI is InChI=1S/C16H25FN2O2/c1-3-5-7-12(4-2)10-21-11-13-8-6-9-14(15(13)17)16(18)19-20/h6,8-9,12,20H,3-5,7,10-11H2,1-2H3,(H2,18,19). The van der Waals surface area contributed by atoms with Crippen molar-refractivity contribution in [1.29, 1.82) is 0 Å². The van der Waals surface area contributed by atoms with E-state index in [1.54, 1.807) is 12.1 Å². The maximum atomic E-state index is 14.2. The number of rotatable bonds is 9. The van der Waals surface area contributed by atoms with Crippen LogP contribution in [0.2, 0.25) is 0 Å². The van der Waals surface area contributed by atoms with E-state index < -0.39 is 5.82 Å². The Morgan fingerprint density at radius 1 is 1.43 bits per heavy atom. The first kappa shape index (κ1) is 17.4. The van der Waals surface area contributed by atoms with Crippen LogP contribution in [0.1, 0.15) is 50.7 Å². The lowest BCUT2D eigenvalue weighted by Crippen LogP contribution is -2.16. The second kappa shape index (κ2) is 9.34. The van der Waals surface area contributed by atoms with Gasteiger partial charge < -0.3 is 15.7 Å². The van der Waals surface area contributed by atoms with E-state index in [-0.39, 0.29) is 18.0 Å². The van der Waals surface area contributed by atoms with Crippen molar-refractivity contribution in [2.45, 2.75) is 46.1 Å². The second-order valence-corrected chi connectivity index (χ2v) is 5.20. The molecule has 0 radical (unpaired) electrons. The van der Waals surface area contributed by atoms with Crippen LogP contribution in [0.3, 0.4) is 0 Å². The summed E-state index contributed by atoms with van der Waals surface area (Å²) in [6.45, 7) is 5.13. The SMILES string of the molecule is CCCCC(CC)COCc1cccc(/C(N)=N/O)c1F. The Morgan fingerprint density at radius 3 is 2.81 bits per heavy atom. The van der Waals surface area contributed by atoms with Crippen LogP contribution >= 0.6 is 0 Å². The molecular formula is C16H25FN2O2. The van der Waals surface area contributed by atoms with Crippen molar-refractivity contribution < 1.29 is 14.3 Å². The topological polar surface area (TPSA) is 67.8 Å². The van der Waals surface area contributed by atoms with Crippen molar-refractivity contribution in [2.24, 2.45) is 16.8 Å². The Kier molecular flexibility index (Phi) is 7.75. The molecule has 118 valence electrons. The lowest BCUT2D eigenvalue weighted by molar-refractivity contribution is 0.0802. The lowest BCUT2D eigenvalue weighted by Gasteiger charge is -2.15. The van der Waals surface area contributed by atoms with Gasteiger partial charge in [-0.1, -0.05) is 50.4 Å². The summed E-state index contributed by atoms with van der Waals surface area (Å²) < 4.78 is 19.8. The molecule has 1 aromatic carbocycles. The van der Waals surface area contributed by atoms with Gasteiger partial charge in [0.1, 0.15) is 5.82 Å². The van der Waals surface area contributed by atoms with Gasteiger partial charge in [-0.3, -0.25) is 0 Å². The summed E-state index contributed by atoms with van der Waals surface area (Å²) in [5.41, 5.74) is 5.95. The number of amidine groups is 1. The van der Waals surface area contributed by atoms with Gasteiger partial charge in [-0.15, -0.1) is 0 Å². The van der Waals surface area contributed by atoms with E-state index in [1.807, 2.05) is 0 Å². The van der Waals surface area contributed by atoms with Crippen molar-refractivity contribution >= 4 is 5.84 Å². The number of benzene rings is 1. The van der Waals surface area contributed by atoms with Crippen molar-refractivity contribution in [1.82, 2.24) is 0 Å². The number of nitrogens with two attached hydrogens (primary N) is 1. The summed E-state index contributed by atoms with van der Waals surface area (Å²) in [7, 11) is 0. The Hall–Kier alpha value is -1.62. The van der Waals surface area contributed by atoms with E-state index in [0.29, 0.717) is 18.1 Å². The number of hydrogen-bond acceptors (Lipinski definition) is 3. The molecule has 3 N–H and O–H groups in total. The van der Waals surface area contributed by atoms with E-state index >= 15 is 0 Å². The van der Waals surface area contributed by atoms with Gasteiger partial charge in [0.25, 0.3) is 0 Å². The van der Waals surface area contributed by atoms with E-state index in [1.165, 1.54) is 18.9 Å². The minimum atomic E-state index is -0.491. The van der Waals surface area contributed by atoms with Crippen LogP contribution in [0.25, 0.3) is 0 Å². The molecule has 0 heterocycles. The molecule has 1 atom stereocenters. The van der Waals surface area contributed by atoms with Gasteiger partial charge in [0, 0.05) is 12.2 Å². The molecule has 0 amide bonds. The molecule has 0 saturated carbocycles. The average molecular weight is 296 g/mol. The first-order chi connectivity index (χ1) is 10.1. The van der Waals surface area contributed by atoms with E-state index in [0.717, 1.165) is 12.8 Å². The minimum Gasteiger partial charge on any atom is -0.409 e. The van der Waals surface area contributed by atoms with Crippen molar-refractivity contribution in [2.75, 3.05) is 6.61 Å². The Balaban J connectivity index is 2.59. The van der Waals surface area contributed by atoms with Crippen LogP contribution in [-0.4, -0.2) is 17.6 Å². The fourth-order valence-electron chi connectivity index (χ4n) is 2.18. The van der Waals surface area contributed by atoms with Gasteiger partial charge in [-0.2, -0.15) is 0 Å². The molecule has 1 rings (SSSR count). The molecular weight excluding hydrogens is 271 g/mol. The van der Waals surface area contributed by atoms with Crippen molar-refractivity contribution in [3.63, 3.8) is 0 Å². The van der Waals surface area contributed by atoms with Crippen molar-refractivity contribution in [3.8, 4) is 0 Å². The second-order valence-electron chi connectivity index (χ2n) is 5.20. The number of ether oxygens (including phenoxy) is 1. The van der Waals surface area contributed by atoms with Crippen LogP contribution < -0.4 is 5.73 Å². The molecule has 0 aromatic heterocycles. The summed E-state index contributed by atoms with van der Waals surface area (Å²) in [5, 5.41) is 11.5. The van der Waals surface area contributed by atoms with Gasteiger partial charge in [0.15, 0.2) is 5.84 Å². The molecule has 0 aliphatic rings. The molecule has 21 heavy (non-hydrogen) atoms. The summed E-state index contributed by atoms with van der Waals surface area (Å²) in [4.78, 5) is 0. The highest BCUT2D eigenvalue weighted by Gasteiger charge is 2.12. The normalized spacial score (nSPS) is 13.4. The first-order valence-corrected chi connectivity index (χ1v) is 7.47. The number of nitrogens with zero attached hydrogens (tertiary/aromatic N) is 1. The van der Waals surface area contributed by atoms with Gasteiger partial charge >= 0.3 is 0 Å². The predicted molar refractivity (Wildman–Crippen MR) is 81.9 cm³/mol. The van der Waals surface area contributed by atoms with Gasteiger partial charge in [0.05, 0.1) is 12.2 Å². The van der Waals surface area contributed by atoms with Crippen molar-refractivity contribution in [3.05, 3.63) is 35.1 Å². The molecule has 0 aliphatic heterocycles. The monoisotopic (exact) mass is 296 g/mol. The highest BCUT2D eigenvalue weighted by Crippen LogP contribution is 2.17. The van der Waals surface area contributed by atoms with Gasteiger partial charge in [-0.05, 0) is 18.4 Å². The lowest BCUT2D eigenvalue weighted by atomic mass is 10.0. The fraction of sp³-hybridized carbons (Fsp3) is 0.562. The average Bonchev–Trinajstić information content (AvgIpc) is 2.51. The third kappa shape index (κ3) is 5.34. The molecule has 1 aromatic rings. The van der Waals surface area contributed by atoms with Gasteiger partial charge in [0.2, 0.25) is 0 Å². The van der Waals surface area contributed by atoms with E-state index in [9.17, 15) is 4.39 Å². The Bertz CT molecular complexity index is 464. The molecule has 1 unspecified atom stereocenters. The smallest absolute Gasteiger partial charge is 0.173 e. The molecule has 0 bridgehead atoms. The fourth-order valence-corrected chi connectivity index (χ4v) is 2.18. The molecule has 0 spiro atoms. The van der Waals surface area contributed by atoms with Crippen LogP contribution in [0, 0.1) is 11.7 Å². The summed E-state index contributed by atoms with van der Waals surface area (Å²) in [5.74, 6) is -0.210. The molecule has 5 heteroatoms. The van der Waals surface area contributed by atoms with E-state index in [4.69, 9.17) is 15.7 Å². The van der Waals surface area contributed by atoms with Crippen LogP contribution in [0.4, 0.5) is 4.39 Å². The third-order valence-electron chi connectivity index (χ3n) is 3.62. The van der Waals surface area contributed by atoms with Crippen LogP contribution in [0.5, 0.6) is 0 Å². The maximum absolute atomic E-state index is 14.2. The number of oxime groups is 1. The zero-order valence-electron chi connectivity index (χ0n) is 12.8. The predicted octanol–water partition coefficient (Wildman–Crippen LogP) is 3.65. The molecule has 0 fully saturated rings. The summed E-state index contributed by atoms with van der Waals surface area (Å²) >= 11 is 0. The molecule has 4 nitrogen and oxygen atoms in total. The van der Waals surface area contributed by atoms with E-state index in [2.05, 4.69) is 19.0 Å². The third-order valence-corrected chi connectivity index (χ3v) is 3.62. The van der Waals surface area contributed by atoms with Crippen LogP contribution in [-0.2, 0) is 11.3 Å². The largest absolute Gasteiger partial charge is 0.409 e. The highest BCUT2D eigenvalue weighted by atomic mass is 19.1. The zero-order chi connectivity index (χ0) is 15.7. The maximum Gasteiger partial charge on any atom is 0.173 e. The molecule has 0 aliphatic carbocycles. The summed E-state index contributed by atoms with van der Waals surface area (Å²) in [6, 6.07) is 4.80.